The number of rotatable bonds is 10. The van der Waals surface area contributed by atoms with E-state index in [1.807, 2.05) is 0 Å². The number of carbonyl (C=O) groups is 1. The number of benzene rings is 2. The molecule has 0 aliphatic carbocycles. The molecule has 0 fully saturated rings. The molecular weight excluding hydrogens is 493 g/mol. The second-order valence-corrected chi connectivity index (χ2v) is 9.27. The van der Waals surface area contributed by atoms with Gasteiger partial charge in [0.25, 0.3) is 0 Å². The molecule has 0 aromatic heterocycles. The van der Waals surface area contributed by atoms with Crippen LogP contribution in [0.2, 0.25) is 0 Å². The molecular formula is C22H25F3N2O7S. The predicted octanol–water partition coefficient (Wildman–Crippen LogP) is 3.15. The van der Waals surface area contributed by atoms with Crippen LogP contribution in [0.3, 0.4) is 0 Å². The Morgan fingerprint density at radius 3 is 2.46 bits per heavy atom. The summed E-state index contributed by atoms with van der Waals surface area (Å²) in [5.74, 6) is -0.189. The molecule has 0 radical (unpaired) electrons. The van der Waals surface area contributed by atoms with Crippen molar-refractivity contribution in [2.75, 3.05) is 51.9 Å². The molecule has 3 rings (SSSR count). The highest BCUT2D eigenvalue weighted by atomic mass is 32.2. The third kappa shape index (κ3) is 6.55. The van der Waals surface area contributed by atoms with Gasteiger partial charge in [0.15, 0.2) is 11.5 Å². The molecule has 35 heavy (non-hydrogen) atoms. The number of carbonyl (C=O) groups excluding carboxylic acids is 1. The van der Waals surface area contributed by atoms with Crippen LogP contribution < -0.4 is 19.5 Å². The first kappa shape index (κ1) is 26.6. The summed E-state index contributed by atoms with van der Waals surface area (Å²) >= 11 is 0. The summed E-state index contributed by atoms with van der Waals surface area (Å²) in [6.45, 7) is 1.64. The van der Waals surface area contributed by atoms with Gasteiger partial charge >= 0.3 is 6.18 Å². The monoisotopic (exact) mass is 518 g/mol. The van der Waals surface area contributed by atoms with E-state index in [1.165, 1.54) is 32.2 Å². The summed E-state index contributed by atoms with van der Waals surface area (Å²) in [5.41, 5.74) is -1.24. The summed E-state index contributed by atoms with van der Waals surface area (Å²) in [7, 11) is -2.69. The lowest BCUT2D eigenvalue weighted by Gasteiger charge is -2.23. The Kier molecular flexibility index (Phi) is 8.46. The van der Waals surface area contributed by atoms with Gasteiger partial charge < -0.3 is 24.3 Å². The van der Waals surface area contributed by atoms with Gasteiger partial charge in [-0.2, -0.15) is 17.5 Å². The lowest BCUT2D eigenvalue weighted by molar-refractivity contribution is -0.137. The minimum atomic E-state index is -4.65. The first-order chi connectivity index (χ1) is 16.6. The fraction of sp³-hybridized carbons (Fsp3) is 0.409. The number of methoxy groups -OCH3 is 1. The number of nitrogens with zero attached hydrogens (tertiary/aromatic N) is 1. The number of nitrogens with one attached hydrogen (secondary N) is 1. The van der Waals surface area contributed by atoms with Crippen molar-refractivity contribution in [3.63, 3.8) is 0 Å². The number of alkyl halides is 3. The van der Waals surface area contributed by atoms with Crippen LogP contribution in [-0.2, 0) is 25.7 Å². The number of anilines is 1. The molecule has 13 heteroatoms. The molecule has 0 spiro atoms. The molecule has 1 N–H and O–H groups in total. The average Bonchev–Trinajstić information content (AvgIpc) is 2.82. The summed E-state index contributed by atoms with van der Waals surface area (Å²) in [5, 5.41) is 2.33. The Morgan fingerprint density at radius 1 is 1.09 bits per heavy atom. The Balaban J connectivity index is 1.80. The Morgan fingerprint density at radius 2 is 1.80 bits per heavy atom. The summed E-state index contributed by atoms with van der Waals surface area (Å²) in [6.07, 6.45) is -4.65. The van der Waals surface area contributed by atoms with Crippen LogP contribution in [0.5, 0.6) is 17.2 Å². The van der Waals surface area contributed by atoms with Gasteiger partial charge in [0.2, 0.25) is 15.9 Å². The van der Waals surface area contributed by atoms with Crippen LogP contribution in [-0.4, -0.2) is 65.3 Å². The van der Waals surface area contributed by atoms with Gasteiger partial charge in [0.1, 0.15) is 25.6 Å². The largest absolute Gasteiger partial charge is 0.489 e. The Bertz CT molecular complexity index is 1160. The number of likely N-dealkylation sites (N-methyl/N-ethyl adjacent to an activating group) is 1. The van der Waals surface area contributed by atoms with Crippen molar-refractivity contribution in [3.8, 4) is 17.2 Å². The smallest absolute Gasteiger partial charge is 0.416 e. The molecule has 0 unspecified atom stereocenters. The lowest BCUT2D eigenvalue weighted by atomic mass is 10.1. The van der Waals surface area contributed by atoms with E-state index in [9.17, 15) is 26.4 Å². The summed E-state index contributed by atoms with van der Waals surface area (Å²) in [6, 6.07) is 6.73. The van der Waals surface area contributed by atoms with Crippen LogP contribution in [0.15, 0.2) is 41.3 Å². The van der Waals surface area contributed by atoms with Gasteiger partial charge in [-0.3, -0.25) is 4.79 Å². The quantitative estimate of drug-likeness (QED) is 0.482. The van der Waals surface area contributed by atoms with E-state index in [4.69, 9.17) is 18.9 Å². The second kappa shape index (κ2) is 11.1. The average molecular weight is 519 g/mol. The second-order valence-electron chi connectivity index (χ2n) is 7.33. The van der Waals surface area contributed by atoms with Gasteiger partial charge in [0, 0.05) is 19.7 Å². The zero-order chi connectivity index (χ0) is 25.6. The van der Waals surface area contributed by atoms with E-state index >= 15 is 0 Å². The number of halogens is 3. The third-order valence-corrected chi connectivity index (χ3v) is 6.87. The standard InChI is InChI=1S/C22H25F3N2O7S/c1-3-27(35(29,30)16-5-7-19-20(13-16)34-11-10-33-19)14-21(28)26-17-12-15(22(23,24)25)4-6-18(17)32-9-8-31-2/h4-7,12-13H,3,8-11,14H2,1-2H3,(H,26,28). The number of amides is 1. The van der Waals surface area contributed by atoms with E-state index in [2.05, 4.69) is 5.32 Å². The van der Waals surface area contributed by atoms with Crippen LogP contribution in [0, 0.1) is 0 Å². The highest BCUT2D eigenvalue weighted by molar-refractivity contribution is 7.89. The van der Waals surface area contributed by atoms with Crippen LogP contribution in [0.25, 0.3) is 0 Å². The fourth-order valence-corrected chi connectivity index (χ4v) is 4.64. The Hall–Kier alpha value is -3.03. The predicted molar refractivity (Wildman–Crippen MR) is 119 cm³/mol. The van der Waals surface area contributed by atoms with E-state index in [0.29, 0.717) is 12.4 Å². The first-order valence-electron chi connectivity index (χ1n) is 10.6. The van der Waals surface area contributed by atoms with E-state index < -0.39 is 34.2 Å². The molecule has 0 saturated heterocycles. The number of fused-ring (bicyclic) bond motifs is 1. The Labute approximate surface area is 200 Å². The summed E-state index contributed by atoms with van der Waals surface area (Å²) in [4.78, 5) is 12.6. The van der Waals surface area contributed by atoms with E-state index in [-0.39, 0.29) is 48.4 Å². The molecule has 1 aliphatic rings. The van der Waals surface area contributed by atoms with E-state index in [1.54, 1.807) is 0 Å². The maximum absolute atomic E-state index is 13.2. The fourth-order valence-electron chi connectivity index (χ4n) is 3.21. The number of hydrogen-bond acceptors (Lipinski definition) is 7. The van der Waals surface area contributed by atoms with Gasteiger partial charge in [-0.25, -0.2) is 8.42 Å². The molecule has 1 amide bonds. The van der Waals surface area contributed by atoms with Crippen molar-refractivity contribution in [1.29, 1.82) is 0 Å². The van der Waals surface area contributed by atoms with Crippen molar-refractivity contribution in [3.05, 3.63) is 42.0 Å². The van der Waals surface area contributed by atoms with Crippen molar-refractivity contribution in [2.24, 2.45) is 0 Å². The molecule has 0 saturated carbocycles. The van der Waals surface area contributed by atoms with Gasteiger partial charge in [-0.05, 0) is 30.3 Å². The number of sulfonamides is 1. The van der Waals surface area contributed by atoms with Gasteiger partial charge in [0.05, 0.1) is 29.3 Å². The van der Waals surface area contributed by atoms with Crippen molar-refractivity contribution >= 4 is 21.6 Å². The van der Waals surface area contributed by atoms with Crippen LogP contribution in [0.4, 0.5) is 18.9 Å². The zero-order valence-electron chi connectivity index (χ0n) is 19.1. The van der Waals surface area contributed by atoms with Crippen LogP contribution in [0.1, 0.15) is 12.5 Å². The topological polar surface area (TPSA) is 103 Å². The van der Waals surface area contributed by atoms with Gasteiger partial charge in [-0.1, -0.05) is 6.92 Å². The lowest BCUT2D eigenvalue weighted by Crippen LogP contribution is -2.38. The maximum atomic E-state index is 13.2. The summed E-state index contributed by atoms with van der Waals surface area (Å²) < 4.78 is 87.8. The molecule has 1 aliphatic heterocycles. The molecule has 0 bridgehead atoms. The molecule has 2 aromatic carbocycles. The molecule has 9 nitrogen and oxygen atoms in total. The molecule has 1 heterocycles. The minimum absolute atomic E-state index is 0.0128. The first-order valence-corrected chi connectivity index (χ1v) is 12.0. The van der Waals surface area contributed by atoms with Crippen molar-refractivity contribution in [2.45, 2.75) is 18.0 Å². The normalized spacial score (nSPS) is 13.5. The highest BCUT2D eigenvalue weighted by Gasteiger charge is 2.32. The molecule has 2 aromatic rings. The van der Waals surface area contributed by atoms with Crippen LogP contribution >= 0.6 is 0 Å². The zero-order valence-corrected chi connectivity index (χ0v) is 19.9. The van der Waals surface area contributed by atoms with Crippen molar-refractivity contribution in [1.82, 2.24) is 4.31 Å². The van der Waals surface area contributed by atoms with E-state index in [0.717, 1.165) is 22.5 Å². The minimum Gasteiger partial charge on any atom is -0.489 e. The van der Waals surface area contributed by atoms with Gasteiger partial charge in [-0.15, -0.1) is 0 Å². The molecule has 0 atom stereocenters. The number of hydrogen-bond donors (Lipinski definition) is 1. The SMILES string of the molecule is CCN(CC(=O)Nc1cc(C(F)(F)F)ccc1OCCOC)S(=O)(=O)c1ccc2c(c1)OCCO2. The molecule has 192 valence electrons. The third-order valence-electron chi connectivity index (χ3n) is 4.95. The number of ether oxygens (including phenoxy) is 4. The van der Waals surface area contributed by atoms with Crippen molar-refractivity contribution < 1.29 is 45.3 Å². The highest BCUT2D eigenvalue weighted by Crippen LogP contribution is 2.36. The maximum Gasteiger partial charge on any atom is 0.416 e.